The number of benzene rings is 8. The molecule has 2 aromatic heterocycles. The van der Waals surface area contributed by atoms with E-state index in [0.717, 1.165) is 77.5 Å². The van der Waals surface area contributed by atoms with Crippen molar-refractivity contribution in [3.05, 3.63) is 174 Å². The zero-order chi connectivity index (χ0) is 32.8. The Hall–Kier alpha value is -6.65. The molecule has 0 saturated heterocycles. The Labute approximate surface area is 286 Å². The van der Waals surface area contributed by atoms with Crippen molar-refractivity contribution in [3.63, 3.8) is 0 Å². The zero-order valence-corrected chi connectivity index (χ0v) is 26.9. The molecule has 1 atom stereocenters. The lowest BCUT2D eigenvalue weighted by molar-refractivity contribution is 0.667. The van der Waals surface area contributed by atoms with Crippen LogP contribution in [-0.4, -0.2) is 5.84 Å². The summed E-state index contributed by atoms with van der Waals surface area (Å²) in [6.07, 6.45) is 2.22. The van der Waals surface area contributed by atoms with Crippen molar-refractivity contribution in [3.8, 4) is 11.1 Å². The fourth-order valence-corrected chi connectivity index (χ4v) is 7.96. The van der Waals surface area contributed by atoms with Gasteiger partial charge in [0.05, 0.1) is 6.04 Å². The lowest BCUT2D eigenvalue weighted by Crippen LogP contribution is -2.28. The van der Waals surface area contributed by atoms with Crippen LogP contribution in [0.2, 0.25) is 0 Å². The molecular formula is C46H28N2O2. The van der Waals surface area contributed by atoms with Crippen LogP contribution in [0.5, 0.6) is 0 Å². The van der Waals surface area contributed by atoms with Crippen LogP contribution in [0, 0.1) is 0 Å². The second kappa shape index (κ2) is 10.4. The minimum atomic E-state index is -0.239. The van der Waals surface area contributed by atoms with E-state index in [2.05, 4.69) is 151 Å². The van der Waals surface area contributed by atoms with Crippen LogP contribution < -0.4 is 5.32 Å². The molecule has 1 unspecified atom stereocenters. The van der Waals surface area contributed by atoms with Crippen LogP contribution in [0.4, 0.5) is 0 Å². The Bertz CT molecular complexity index is 3000. The summed E-state index contributed by atoms with van der Waals surface area (Å²) in [5.41, 5.74) is 10.1. The lowest BCUT2D eigenvalue weighted by atomic mass is 9.89. The number of para-hydroxylation sites is 1. The number of fused-ring (bicyclic) bond motifs is 6. The molecule has 0 spiro atoms. The van der Waals surface area contributed by atoms with Crippen molar-refractivity contribution in [2.45, 2.75) is 6.04 Å². The van der Waals surface area contributed by atoms with Gasteiger partial charge in [0.15, 0.2) is 0 Å². The summed E-state index contributed by atoms with van der Waals surface area (Å²) in [5.74, 6) is 0.822. The maximum Gasteiger partial charge on any atom is 0.136 e. The molecule has 0 aliphatic carbocycles. The van der Waals surface area contributed by atoms with E-state index in [1.54, 1.807) is 0 Å². The molecule has 3 heterocycles. The molecule has 0 amide bonds. The SMILES string of the molecule is C1=C(c2ccccc2)NC(c2ccc3oc4cccc5c6ccc(-c7ccccc7)cc6c2c3c45)=NC1c1ccc2c(c1)oc1ccccc12. The van der Waals surface area contributed by atoms with E-state index in [-0.39, 0.29) is 6.04 Å². The maximum absolute atomic E-state index is 6.51. The second-order valence-electron chi connectivity index (χ2n) is 13.1. The molecule has 8 aromatic carbocycles. The molecule has 1 N–H and O–H groups in total. The first-order valence-electron chi connectivity index (χ1n) is 17.0. The highest BCUT2D eigenvalue weighted by Crippen LogP contribution is 2.45. The smallest absolute Gasteiger partial charge is 0.136 e. The maximum atomic E-state index is 6.51. The molecule has 50 heavy (non-hydrogen) atoms. The highest BCUT2D eigenvalue weighted by molar-refractivity contribution is 6.36. The third-order valence-corrected chi connectivity index (χ3v) is 10.3. The Morgan fingerprint density at radius 3 is 2.02 bits per heavy atom. The summed E-state index contributed by atoms with van der Waals surface area (Å²) >= 11 is 0. The van der Waals surface area contributed by atoms with Crippen LogP contribution in [-0.2, 0) is 0 Å². The molecule has 0 bridgehead atoms. The number of nitrogens with one attached hydrogen (secondary N) is 1. The topological polar surface area (TPSA) is 50.7 Å². The van der Waals surface area contributed by atoms with Gasteiger partial charge in [-0.1, -0.05) is 115 Å². The van der Waals surface area contributed by atoms with E-state index >= 15 is 0 Å². The molecule has 234 valence electrons. The Kier molecular flexibility index (Phi) is 5.69. The lowest BCUT2D eigenvalue weighted by Gasteiger charge is -2.24. The summed E-state index contributed by atoms with van der Waals surface area (Å²) < 4.78 is 12.8. The average Bonchev–Trinajstić information content (AvgIpc) is 3.76. The minimum absolute atomic E-state index is 0.239. The van der Waals surface area contributed by atoms with Crippen molar-refractivity contribution >= 4 is 77.0 Å². The minimum Gasteiger partial charge on any atom is -0.456 e. The van der Waals surface area contributed by atoms with Crippen molar-refractivity contribution in [1.82, 2.24) is 5.32 Å². The van der Waals surface area contributed by atoms with Crippen molar-refractivity contribution in [2.24, 2.45) is 4.99 Å². The van der Waals surface area contributed by atoms with Gasteiger partial charge in [-0.25, -0.2) is 0 Å². The Morgan fingerprint density at radius 1 is 0.440 bits per heavy atom. The largest absolute Gasteiger partial charge is 0.456 e. The zero-order valence-electron chi connectivity index (χ0n) is 26.9. The van der Waals surface area contributed by atoms with Gasteiger partial charge in [0.1, 0.15) is 28.2 Å². The van der Waals surface area contributed by atoms with Gasteiger partial charge in [0, 0.05) is 38.2 Å². The Balaban J connectivity index is 1.18. The van der Waals surface area contributed by atoms with Gasteiger partial charge in [0.2, 0.25) is 0 Å². The van der Waals surface area contributed by atoms with E-state index in [1.165, 1.54) is 27.3 Å². The van der Waals surface area contributed by atoms with Gasteiger partial charge in [-0.15, -0.1) is 0 Å². The van der Waals surface area contributed by atoms with E-state index in [0.29, 0.717) is 0 Å². The average molecular weight is 641 g/mol. The van der Waals surface area contributed by atoms with Gasteiger partial charge in [0.25, 0.3) is 0 Å². The molecule has 4 nitrogen and oxygen atoms in total. The standard InChI is InChI=1S/C46H28N2O2/c1-3-10-27(11-4-1)29-18-20-31-34-15-9-17-40-44(34)45-41(50-40)23-22-35(43(45)36(31)24-29)46-47-37(28-12-5-2-6-13-28)26-38(48-46)30-19-21-33-32-14-7-8-16-39(32)49-42(33)25-30/h1-26,38H,(H,47,48). The highest BCUT2D eigenvalue weighted by Gasteiger charge is 2.25. The number of aliphatic imine (C=N–C) groups is 1. The fraction of sp³-hybridized carbons (Fsp3) is 0.0217. The van der Waals surface area contributed by atoms with E-state index in [1.807, 2.05) is 12.1 Å². The number of furan rings is 2. The number of amidine groups is 1. The second-order valence-corrected chi connectivity index (χ2v) is 13.1. The molecule has 1 aliphatic rings. The van der Waals surface area contributed by atoms with Crippen molar-refractivity contribution in [1.29, 1.82) is 0 Å². The first kappa shape index (κ1) is 27.3. The normalized spacial score (nSPS) is 15.0. The highest BCUT2D eigenvalue weighted by atomic mass is 16.3. The summed E-state index contributed by atoms with van der Waals surface area (Å²) in [7, 11) is 0. The van der Waals surface area contributed by atoms with E-state index < -0.39 is 0 Å². The molecule has 10 aromatic rings. The molecule has 0 radical (unpaired) electrons. The van der Waals surface area contributed by atoms with Crippen molar-refractivity contribution in [2.75, 3.05) is 0 Å². The Morgan fingerprint density at radius 2 is 1.14 bits per heavy atom. The van der Waals surface area contributed by atoms with Crippen LogP contribution in [0.15, 0.2) is 172 Å². The summed E-state index contributed by atoms with van der Waals surface area (Å²) in [4.78, 5) is 5.47. The quantitative estimate of drug-likeness (QED) is 0.195. The first-order valence-corrected chi connectivity index (χ1v) is 17.0. The van der Waals surface area contributed by atoms with Gasteiger partial charge >= 0.3 is 0 Å². The van der Waals surface area contributed by atoms with Crippen LogP contribution in [0.25, 0.3) is 82.2 Å². The summed E-state index contributed by atoms with van der Waals surface area (Å²) in [6.45, 7) is 0. The fourth-order valence-electron chi connectivity index (χ4n) is 7.96. The molecule has 4 heteroatoms. The third-order valence-electron chi connectivity index (χ3n) is 10.3. The first-order chi connectivity index (χ1) is 24.8. The van der Waals surface area contributed by atoms with Gasteiger partial charge in [-0.3, -0.25) is 4.99 Å². The molecule has 0 fully saturated rings. The number of hydrogen-bond donors (Lipinski definition) is 1. The number of nitrogens with zero attached hydrogens (tertiary/aromatic N) is 1. The molecule has 1 aliphatic heterocycles. The third kappa shape index (κ3) is 4.02. The molecule has 11 rings (SSSR count). The monoisotopic (exact) mass is 640 g/mol. The number of rotatable bonds is 4. The number of hydrogen-bond acceptors (Lipinski definition) is 4. The van der Waals surface area contributed by atoms with Crippen LogP contribution in [0.3, 0.4) is 0 Å². The predicted octanol–water partition coefficient (Wildman–Crippen LogP) is 12.0. The van der Waals surface area contributed by atoms with Gasteiger partial charge in [-0.2, -0.15) is 0 Å². The van der Waals surface area contributed by atoms with E-state index in [4.69, 9.17) is 13.8 Å². The predicted molar refractivity (Wildman–Crippen MR) is 206 cm³/mol. The van der Waals surface area contributed by atoms with Crippen LogP contribution in [0.1, 0.15) is 22.7 Å². The van der Waals surface area contributed by atoms with Gasteiger partial charge in [-0.05, 0) is 80.9 Å². The van der Waals surface area contributed by atoms with Crippen LogP contribution >= 0.6 is 0 Å². The summed E-state index contributed by atoms with van der Waals surface area (Å²) in [6, 6.07) is 53.0. The molecular weight excluding hydrogens is 613 g/mol. The summed E-state index contributed by atoms with van der Waals surface area (Å²) in [5, 5.41) is 13.0. The van der Waals surface area contributed by atoms with Gasteiger partial charge < -0.3 is 14.2 Å². The van der Waals surface area contributed by atoms with E-state index in [9.17, 15) is 0 Å². The molecule has 0 saturated carbocycles. The van der Waals surface area contributed by atoms with Crippen molar-refractivity contribution < 1.29 is 8.83 Å².